The quantitative estimate of drug-likeness (QED) is 0.530. The second kappa shape index (κ2) is 7.13. The molecule has 2 N–H and O–H groups in total. The Morgan fingerprint density at radius 3 is 2.29 bits per heavy atom. The van der Waals surface area contributed by atoms with E-state index in [4.69, 9.17) is 0 Å². The summed E-state index contributed by atoms with van der Waals surface area (Å²) in [5.41, 5.74) is 1.66. The molecule has 0 aromatic heterocycles. The molecule has 118 valence electrons. The number of phenols is 1. The Morgan fingerprint density at radius 1 is 1.00 bits per heavy atom. The van der Waals surface area contributed by atoms with Gasteiger partial charge in [0, 0.05) is 22.3 Å². The molecule has 24 heavy (non-hydrogen) atoms. The van der Waals surface area contributed by atoms with E-state index >= 15 is 0 Å². The minimum atomic E-state index is -4.65. The monoisotopic (exact) mass is 351 g/mol. The molecule has 0 radical (unpaired) electrons. The van der Waals surface area contributed by atoms with Crippen molar-refractivity contribution < 1.29 is 47.6 Å². The molecular formula is C17H14NNaO4S. The summed E-state index contributed by atoms with van der Waals surface area (Å²) in [7, 11) is -4.65. The summed E-state index contributed by atoms with van der Waals surface area (Å²) in [6, 6.07) is 15.9. The van der Waals surface area contributed by atoms with Gasteiger partial charge in [0.25, 0.3) is 0 Å². The molecule has 0 aliphatic rings. The molecule has 0 fully saturated rings. The number of anilines is 2. The van der Waals surface area contributed by atoms with E-state index in [0.717, 1.165) is 11.4 Å². The second-order valence-corrected chi connectivity index (χ2v) is 6.58. The van der Waals surface area contributed by atoms with Crippen LogP contribution in [-0.4, -0.2) is 18.1 Å². The van der Waals surface area contributed by atoms with Crippen LogP contribution in [0, 0.1) is 6.92 Å². The van der Waals surface area contributed by atoms with Crippen molar-refractivity contribution in [2.24, 2.45) is 0 Å². The predicted octanol–water partition coefficient (Wildman–Crippen LogP) is 0.506. The summed E-state index contributed by atoms with van der Waals surface area (Å²) in [4.78, 5) is -0.403. The van der Waals surface area contributed by atoms with E-state index < -0.39 is 15.0 Å². The summed E-state index contributed by atoms with van der Waals surface area (Å²) in [6.45, 7) is 1.41. The fraction of sp³-hybridized carbons (Fsp3) is 0.0588. The number of phenolic OH excluding ortho intramolecular Hbond substituents is 1. The predicted molar refractivity (Wildman–Crippen MR) is 88.0 cm³/mol. The molecule has 3 aromatic carbocycles. The van der Waals surface area contributed by atoms with Crippen LogP contribution in [0.2, 0.25) is 0 Å². The van der Waals surface area contributed by atoms with Gasteiger partial charge < -0.3 is 15.0 Å². The molecule has 0 aliphatic heterocycles. The molecule has 0 spiro atoms. The van der Waals surface area contributed by atoms with Crippen LogP contribution >= 0.6 is 0 Å². The summed E-state index contributed by atoms with van der Waals surface area (Å²) >= 11 is 0. The Labute approximate surface area is 162 Å². The normalized spacial score (nSPS) is 11.1. The fourth-order valence-electron chi connectivity index (χ4n) is 2.49. The number of hydrogen-bond acceptors (Lipinski definition) is 5. The van der Waals surface area contributed by atoms with Crippen LogP contribution in [0.4, 0.5) is 11.4 Å². The van der Waals surface area contributed by atoms with Gasteiger partial charge in [-0.25, -0.2) is 8.42 Å². The molecule has 0 aliphatic carbocycles. The van der Waals surface area contributed by atoms with E-state index in [1.807, 2.05) is 30.3 Å². The first-order valence-corrected chi connectivity index (χ1v) is 8.31. The molecule has 3 rings (SSSR count). The molecular weight excluding hydrogens is 337 g/mol. The number of hydrogen-bond donors (Lipinski definition) is 2. The maximum atomic E-state index is 11.3. The zero-order valence-corrected chi connectivity index (χ0v) is 16.1. The van der Waals surface area contributed by atoms with Crippen LogP contribution in [0.15, 0.2) is 59.5 Å². The molecule has 0 saturated carbocycles. The van der Waals surface area contributed by atoms with Crippen molar-refractivity contribution in [3.63, 3.8) is 0 Å². The molecule has 5 nitrogen and oxygen atoms in total. The van der Waals surface area contributed by atoms with Crippen LogP contribution in [0.1, 0.15) is 5.56 Å². The van der Waals surface area contributed by atoms with E-state index in [1.54, 1.807) is 18.2 Å². The topological polar surface area (TPSA) is 89.5 Å². The molecule has 0 heterocycles. The first-order chi connectivity index (χ1) is 10.9. The minimum absolute atomic E-state index is 0. The van der Waals surface area contributed by atoms with Crippen molar-refractivity contribution in [3.05, 3.63) is 60.2 Å². The zero-order valence-electron chi connectivity index (χ0n) is 13.3. The van der Waals surface area contributed by atoms with E-state index in [9.17, 15) is 18.1 Å². The molecule has 7 heteroatoms. The van der Waals surface area contributed by atoms with Crippen LogP contribution in [-0.2, 0) is 10.1 Å². The SMILES string of the molecule is Cc1c(S(=O)(=O)[O-])cc2cc(Nc3ccccc3)ccc2c1O.[Na+]. The first-order valence-electron chi connectivity index (χ1n) is 6.90. The smallest absolute Gasteiger partial charge is 0.744 e. The van der Waals surface area contributed by atoms with Gasteiger partial charge in [0.2, 0.25) is 0 Å². The largest absolute Gasteiger partial charge is 1.00 e. The van der Waals surface area contributed by atoms with E-state index in [-0.39, 0.29) is 40.9 Å². The molecule has 3 aromatic rings. The van der Waals surface area contributed by atoms with Gasteiger partial charge in [-0.2, -0.15) is 0 Å². The molecule has 0 bridgehead atoms. The van der Waals surface area contributed by atoms with Crippen molar-refractivity contribution in [1.29, 1.82) is 0 Å². The van der Waals surface area contributed by atoms with Crippen molar-refractivity contribution in [2.45, 2.75) is 11.8 Å². The van der Waals surface area contributed by atoms with Gasteiger partial charge in [-0.05, 0) is 48.7 Å². The third-order valence-electron chi connectivity index (χ3n) is 3.65. The Kier molecular flexibility index (Phi) is 5.57. The molecule has 0 unspecified atom stereocenters. The second-order valence-electron chi connectivity index (χ2n) is 5.23. The molecule has 0 saturated heterocycles. The summed E-state index contributed by atoms with van der Waals surface area (Å²) in [5, 5.41) is 14.3. The average Bonchev–Trinajstić information content (AvgIpc) is 2.50. The minimum Gasteiger partial charge on any atom is -0.744 e. The van der Waals surface area contributed by atoms with E-state index in [1.165, 1.54) is 13.0 Å². The fourth-order valence-corrected chi connectivity index (χ4v) is 3.23. The molecule has 0 atom stereocenters. The third kappa shape index (κ3) is 3.74. The number of nitrogens with one attached hydrogen (secondary N) is 1. The zero-order chi connectivity index (χ0) is 16.6. The van der Waals surface area contributed by atoms with Crippen molar-refractivity contribution in [1.82, 2.24) is 0 Å². The van der Waals surface area contributed by atoms with Gasteiger partial charge in [0.15, 0.2) is 0 Å². The molecule has 0 amide bonds. The maximum absolute atomic E-state index is 11.3. The summed E-state index contributed by atoms with van der Waals surface area (Å²) in [5.74, 6) is -0.191. The number of benzene rings is 3. The number of rotatable bonds is 3. The summed E-state index contributed by atoms with van der Waals surface area (Å²) in [6.07, 6.45) is 0. The standard InChI is InChI=1S/C17H15NO4S.Na/c1-11-16(23(20,21)22)10-12-9-14(7-8-15(12)17(11)19)18-13-5-3-2-4-6-13;/h2-10,18-19H,1H3,(H,20,21,22);/q;+1/p-1. The number of fused-ring (bicyclic) bond motifs is 1. The van der Waals surface area contributed by atoms with Gasteiger partial charge >= 0.3 is 29.6 Å². The Balaban J connectivity index is 0.00000208. The first kappa shape index (κ1) is 18.8. The van der Waals surface area contributed by atoms with Crippen molar-refractivity contribution in [3.8, 4) is 5.75 Å². The van der Waals surface area contributed by atoms with E-state index in [0.29, 0.717) is 10.8 Å². The van der Waals surface area contributed by atoms with Crippen LogP contribution in [0.3, 0.4) is 0 Å². The van der Waals surface area contributed by atoms with Gasteiger partial charge in [0.1, 0.15) is 15.9 Å². The van der Waals surface area contributed by atoms with Crippen LogP contribution in [0.25, 0.3) is 10.8 Å². The van der Waals surface area contributed by atoms with E-state index in [2.05, 4.69) is 5.32 Å². The Bertz CT molecular complexity index is 988. The number of aromatic hydroxyl groups is 1. The third-order valence-corrected chi connectivity index (χ3v) is 4.61. The van der Waals surface area contributed by atoms with Gasteiger partial charge in [-0.1, -0.05) is 18.2 Å². The van der Waals surface area contributed by atoms with Gasteiger partial charge in [0.05, 0.1) is 4.90 Å². The summed E-state index contributed by atoms with van der Waals surface area (Å²) < 4.78 is 34.0. The van der Waals surface area contributed by atoms with Crippen molar-refractivity contribution >= 4 is 32.3 Å². The van der Waals surface area contributed by atoms with Crippen LogP contribution in [0.5, 0.6) is 5.75 Å². The van der Waals surface area contributed by atoms with Crippen LogP contribution < -0.4 is 34.9 Å². The Hall–Kier alpha value is -1.57. The number of para-hydroxylation sites is 1. The van der Waals surface area contributed by atoms with Gasteiger partial charge in [-0.15, -0.1) is 0 Å². The Morgan fingerprint density at radius 2 is 1.67 bits per heavy atom. The average molecular weight is 351 g/mol. The maximum Gasteiger partial charge on any atom is 1.00 e. The van der Waals surface area contributed by atoms with Gasteiger partial charge in [-0.3, -0.25) is 0 Å². The van der Waals surface area contributed by atoms with Crippen molar-refractivity contribution in [2.75, 3.05) is 5.32 Å².